The summed E-state index contributed by atoms with van der Waals surface area (Å²) in [7, 11) is 1.87. The summed E-state index contributed by atoms with van der Waals surface area (Å²) in [6, 6.07) is 0.177. The maximum absolute atomic E-state index is 5.32. The first-order chi connectivity index (χ1) is 9.24. The van der Waals surface area contributed by atoms with Crippen LogP contribution in [-0.4, -0.2) is 51.0 Å². The van der Waals surface area contributed by atoms with Crippen LogP contribution in [0.5, 0.6) is 0 Å². The zero-order chi connectivity index (χ0) is 13.2. The highest BCUT2D eigenvalue weighted by Gasteiger charge is 2.22. The molecule has 2 aromatic rings. The van der Waals surface area contributed by atoms with Gasteiger partial charge in [-0.25, -0.2) is 0 Å². The molecule has 0 aliphatic carbocycles. The summed E-state index contributed by atoms with van der Waals surface area (Å²) in [5.74, 6) is 1.27. The monoisotopic (exact) mass is 262 g/mol. The van der Waals surface area contributed by atoms with Gasteiger partial charge in [-0.1, -0.05) is 5.16 Å². The normalized spacial score (nSPS) is 18.6. The Labute approximate surface area is 111 Å². The molecule has 3 rings (SSSR count). The lowest BCUT2D eigenvalue weighted by atomic mass is 10.2. The Balaban J connectivity index is 1.76. The van der Waals surface area contributed by atoms with Gasteiger partial charge in [0, 0.05) is 39.4 Å². The van der Waals surface area contributed by atoms with Crippen molar-refractivity contribution in [2.24, 2.45) is 7.05 Å². The zero-order valence-electron chi connectivity index (χ0n) is 11.2. The Morgan fingerprint density at radius 1 is 1.37 bits per heavy atom. The molecule has 1 N–H and O–H groups in total. The lowest BCUT2D eigenvalue weighted by Gasteiger charge is -2.30. The van der Waals surface area contributed by atoms with Crippen molar-refractivity contribution in [3.8, 4) is 11.5 Å². The molecule has 0 radical (unpaired) electrons. The molecule has 1 aliphatic heterocycles. The van der Waals surface area contributed by atoms with Gasteiger partial charge in [0.15, 0.2) is 5.82 Å². The van der Waals surface area contributed by atoms with Gasteiger partial charge in [0.1, 0.15) is 0 Å². The number of rotatable bonds is 3. The van der Waals surface area contributed by atoms with E-state index in [2.05, 4.69) is 32.4 Å². The predicted octanol–water partition coefficient (Wildman–Crippen LogP) is 0.436. The minimum atomic E-state index is 0.177. The van der Waals surface area contributed by atoms with Crippen LogP contribution in [0.3, 0.4) is 0 Å². The quantitative estimate of drug-likeness (QED) is 0.865. The molecule has 2 aromatic heterocycles. The third kappa shape index (κ3) is 2.52. The Hall–Kier alpha value is -1.73. The Morgan fingerprint density at radius 2 is 2.16 bits per heavy atom. The van der Waals surface area contributed by atoms with Gasteiger partial charge in [-0.05, 0) is 6.92 Å². The highest BCUT2D eigenvalue weighted by atomic mass is 16.5. The molecule has 0 bridgehead atoms. The second-order valence-electron chi connectivity index (χ2n) is 4.82. The predicted molar refractivity (Wildman–Crippen MR) is 69.4 cm³/mol. The lowest BCUT2D eigenvalue weighted by Crippen LogP contribution is -2.44. The molecule has 3 heterocycles. The maximum Gasteiger partial charge on any atom is 0.261 e. The van der Waals surface area contributed by atoms with Crippen LogP contribution in [0.25, 0.3) is 11.5 Å². The molecular weight excluding hydrogens is 244 g/mol. The number of nitrogens with one attached hydrogen (secondary N) is 1. The van der Waals surface area contributed by atoms with Crippen LogP contribution in [0.15, 0.2) is 16.9 Å². The summed E-state index contributed by atoms with van der Waals surface area (Å²) in [6.07, 6.45) is 3.60. The second-order valence-corrected chi connectivity index (χ2v) is 4.82. The van der Waals surface area contributed by atoms with Crippen molar-refractivity contribution in [2.75, 3.05) is 26.2 Å². The number of hydrogen-bond acceptors (Lipinski definition) is 6. The molecule has 19 heavy (non-hydrogen) atoms. The molecule has 102 valence electrons. The van der Waals surface area contributed by atoms with Crippen molar-refractivity contribution in [1.29, 1.82) is 0 Å². The van der Waals surface area contributed by atoms with E-state index in [0.717, 1.165) is 37.6 Å². The molecular formula is C12H18N6O. The molecule has 1 unspecified atom stereocenters. The van der Waals surface area contributed by atoms with E-state index in [-0.39, 0.29) is 6.04 Å². The first kappa shape index (κ1) is 12.3. The third-order valence-electron chi connectivity index (χ3n) is 3.47. The summed E-state index contributed by atoms with van der Waals surface area (Å²) >= 11 is 0. The molecule has 7 nitrogen and oxygen atoms in total. The highest BCUT2D eigenvalue weighted by molar-refractivity contribution is 5.49. The van der Waals surface area contributed by atoms with Crippen LogP contribution in [0.2, 0.25) is 0 Å². The van der Waals surface area contributed by atoms with E-state index in [1.165, 1.54) is 0 Å². The zero-order valence-corrected chi connectivity index (χ0v) is 11.2. The van der Waals surface area contributed by atoms with Gasteiger partial charge < -0.3 is 9.84 Å². The number of aromatic nitrogens is 4. The van der Waals surface area contributed by atoms with Gasteiger partial charge >= 0.3 is 0 Å². The minimum absolute atomic E-state index is 0.177. The first-order valence-electron chi connectivity index (χ1n) is 6.51. The molecule has 0 spiro atoms. The fraction of sp³-hybridized carbons (Fsp3) is 0.583. The van der Waals surface area contributed by atoms with Gasteiger partial charge in [-0.2, -0.15) is 10.1 Å². The smallest absolute Gasteiger partial charge is 0.261 e. The molecule has 0 aromatic carbocycles. The van der Waals surface area contributed by atoms with E-state index in [1.54, 1.807) is 10.9 Å². The third-order valence-corrected chi connectivity index (χ3v) is 3.47. The van der Waals surface area contributed by atoms with Crippen LogP contribution in [0.1, 0.15) is 18.8 Å². The van der Waals surface area contributed by atoms with Crippen molar-refractivity contribution in [1.82, 2.24) is 30.1 Å². The van der Waals surface area contributed by atoms with Crippen molar-refractivity contribution >= 4 is 0 Å². The van der Waals surface area contributed by atoms with Crippen molar-refractivity contribution in [2.45, 2.75) is 13.0 Å². The van der Waals surface area contributed by atoms with Gasteiger partial charge in [0.2, 0.25) is 0 Å². The Morgan fingerprint density at radius 3 is 2.84 bits per heavy atom. The summed E-state index contributed by atoms with van der Waals surface area (Å²) in [4.78, 5) is 6.83. The topological polar surface area (TPSA) is 72.0 Å². The van der Waals surface area contributed by atoms with Crippen molar-refractivity contribution < 1.29 is 4.52 Å². The number of hydrogen-bond donors (Lipinski definition) is 1. The summed E-state index contributed by atoms with van der Waals surface area (Å²) < 4.78 is 7.04. The van der Waals surface area contributed by atoms with E-state index in [4.69, 9.17) is 4.52 Å². The van der Waals surface area contributed by atoms with E-state index in [9.17, 15) is 0 Å². The fourth-order valence-corrected chi connectivity index (χ4v) is 2.29. The van der Waals surface area contributed by atoms with E-state index < -0.39 is 0 Å². The average Bonchev–Trinajstić information content (AvgIpc) is 3.07. The van der Waals surface area contributed by atoms with Crippen LogP contribution in [0, 0.1) is 0 Å². The molecule has 0 saturated carbocycles. The maximum atomic E-state index is 5.32. The largest absolute Gasteiger partial charge is 0.334 e. The van der Waals surface area contributed by atoms with Crippen LogP contribution in [0.4, 0.5) is 0 Å². The molecule has 0 amide bonds. The average molecular weight is 262 g/mol. The molecule has 1 saturated heterocycles. The fourth-order valence-electron chi connectivity index (χ4n) is 2.29. The Kier molecular flexibility index (Phi) is 3.31. The van der Waals surface area contributed by atoms with Gasteiger partial charge in [0.25, 0.3) is 5.89 Å². The highest BCUT2D eigenvalue weighted by Crippen LogP contribution is 2.21. The first-order valence-corrected chi connectivity index (χ1v) is 6.51. The standard InChI is InChI=1S/C12H18N6O/c1-9(18-5-3-13-4-6-18)11-15-12(19-16-11)10-7-14-17(2)8-10/h7-9,13H,3-6H2,1-2H3. The molecule has 7 heteroatoms. The molecule has 1 fully saturated rings. The van der Waals surface area contributed by atoms with E-state index in [0.29, 0.717) is 5.89 Å². The SMILES string of the molecule is CC(c1noc(-c2cnn(C)c2)n1)N1CCNCC1. The van der Waals surface area contributed by atoms with Gasteiger partial charge in [-0.15, -0.1) is 0 Å². The van der Waals surface area contributed by atoms with E-state index in [1.807, 2.05) is 13.2 Å². The number of piperazine rings is 1. The van der Waals surface area contributed by atoms with Crippen molar-refractivity contribution in [3.05, 3.63) is 18.2 Å². The number of aryl methyl sites for hydroxylation is 1. The van der Waals surface area contributed by atoms with Crippen molar-refractivity contribution in [3.63, 3.8) is 0 Å². The lowest BCUT2D eigenvalue weighted by molar-refractivity contribution is 0.176. The van der Waals surface area contributed by atoms with Crippen LogP contribution >= 0.6 is 0 Å². The van der Waals surface area contributed by atoms with Gasteiger partial charge in [0.05, 0.1) is 17.8 Å². The molecule has 1 aliphatic rings. The molecule has 1 atom stereocenters. The second kappa shape index (κ2) is 5.10. The number of nitrogens with zero attached hydrogens (tertiary/aromatic N) is 5. The summed E-state index contributed by atoms with van der Waals surface area (Å²) in [5.41, 5.74) is 0.855. The van der Waals surface area contributed by atoms with Crippen LogP contribution in [-0.2, 0) is 7.05 Å². The summed E-state index contributed by atoms with van der Waals surface area (Å²) in [6.45, 7) is 6.16. The van der Waals surface area contributed by atoms with Gasteiger partial charge in [-0.3, -0.25) is 9.58 Å². The van der Waals surface area contributed by atoms with E-state index >= 15 is 0 Å². The van der Waals surface area contributed by atoms with Crippen LogP contribution < -0.4 is 5.32 Å². The summed E-state index contributed by atoms with van der Waals surface area (Å²) in [5, 5.41) is 11.5. The minimum Gasteiger partial charge on any atom is -0.334 e. The Bertz CT molecular complexity index is 542.